The van der Waals surface area contributed by atoms with Crippen molar-refractivity contribution in [3.63, 3.8) is 0 Å². The van der Waals surface area contributed by atoms with Crippen LogP contribution >= 0.6 is 11.6 Å². The molecule has 1 fully saturated rings. The average molecular weight is 335 g/mol. The van der Waals surface area contributed by atoms with Gasteiger partial charge in [-0.05, 0) is 36.6 Å². The van der Waals surface area contributed by atoms with Crippen LogP contribution in [0.2, 0.25) is 5.02 Å². The lowest BCUT2D eigenvalue weighted by atomic mass is 9.90. The van der Waals surface area contributed by atoms with Gasteiger partial charge in [-0.3, -0.25) is 9.69 Å². The third-order valence-electron chi connectivity index (χ3n) is 4.11. The second-order valence-corrected chi connectivity index (χ2v) is 6.66. The number of oxazole rings is 1. The number of benzene rings is 1. The molecule has 2 heterocycles. The standard InChI is InChI=1S/C17H19ClN2O3/c1-11-6-13(17(21)22)8-20(7-11)9-15-10-23-16(19-15)12-2-4-14(18)5-3-12/h2-5,10-11,13H,6-9H2,1H3,(H,21,22). The van der Waals surface area contributed by atoms with Crippen LogP contribution in [0, 0.1) is 11.8 Å². The lowest BCUT2D eigenvalue weighted by molar-refractivity contribution is -0.144. The van der Waals surface area contributed by atoms with Crippen LogP contribution in [-0.4, -0.2) is 34.0 Å². The Balaban J connectivity index is 1.69. The molecule has 1 N–H and O–H groups in total. The summed E-state index contributed by atoms with van der Waals surface area (Å²) >= 11 is 5.88. The molecule has 3 rings (SSSR count). The molecule has 122 valence electrons. The Labute approximate surface area is 139 Å². The highest BCUT2D eigenvalue weighted by Crippen LogP contribution is 2.25. The number of carboxylic acids is 1. The molecule has 23 heavy (non-hydrogen) atoms. The lowest BCUT2D eigenvalue weighted by Crippen LogP contribution is -2.42. The molecule has 0 bridgehead atoms. The van der Waals surface area contributed by atoms with Gasteiger partial charge in [-0.15, -0.1) is 0 Å². The summed E-state index contributed by atoms with van der Waals surface area (Å²) in [6.45, 7) is 4.13. The maximum atomic E-state index is 11.2. The van der Waals surface area contributed by atoms with Crippen LogP contribution in [0.25, 0.3) is 11.5 Å². The molecule has 2 unspecified atom stereocenters. The molecule has 0 saturated carbocycles. The monoisotopic (exact) mass is 334 g/mol. The Hall–Kier alpha value is -1.85. The molecule has 2 aromatic rings. The molecule has 0 amide bonds. The third-order valence-corrected chi connectivity index (χ3v) is 4.37. The van der Waals surface area contributed by atoms with Gasteiger partial charge >= 0.3 is 5.97 Å². The Bertz CT molecular complexity index is 683. The summed E-state index contributed by atoms with van der Waals surface area (Å²) in [5.41, 5.74) is 1.68. The number of aliphatic carboxylic acids is 1. The second kappa shape index (κ2) is 6.72. The van der Waals surface area contributed by atoms with E-state index in [1.165, 1.54) is 0 Å². The zero-order valence-corrected chi connectivity index (χ0v) is 13.7. The Morgan fingerprint density at radius 1 is 1.39 bits per heavy atom. The van der Waals surface area contributed by atoms with Gasteiger partial charge in [0.15, 0.2) is 0 Å². The number of halogens is 1. The van der Waals surface area contributed by atoms with Crippen molar-refractivity contribution in [1.29, 1.82) is 0 Å². The van der Waals surface area contributed by atoms with Crippen molar-refractivity contribution in [2.45, 2.75) is 19.9 Å². The lowest BCUT2D eigenvalue weighted by Gasteiger charge is -2.34. The van der Waals surface area contributed by atoms with Crippen LogP contribution in [0.3, 0.4) is 0 Å². The van der Waals surface area contributed by atoms with E-state index in [4.69, 9.17) is 16.0 Å². The molecule has 1 aliphatic heterocycles. The SMILES string of the molecule is CC1CC(C(=O)O)CN(Cc2coc(-c3ccc(Cl)cc3)n2)C1. The fraction of sp³-hybridized carbons (Fsp3) is 0.412. The number of likely N-dealkylation sites (tertiary alicyclic amines) is 1. The maximum Gasteiger partial charge on any atom is 0.307 e. The van der Waals surface area contributed by atoms with Crippen molar-refractivity contribution in [2.24, 2.45) is 11.8 Å². The molecule has 0 spiro atoms. The number of aromatic nitrogens is 1. The van der Waals surface area contributed by atoms with Gasteiger partial charge in [0.1, 0.15) is 6.26 Å². The second-order valence-electron chi connectivity index (χ2n) is 6.22. The summed E-state index contributed by atoms with van der Waals surface area (Å²) in [6.07, 6.45) is 2.37. The van der Waals surface area contributed by atoms with Crippen molar-refractivity contribution in [3.8, 4) is 11.5 Å². The first-order valence-corrected chi connectivity index (χ1v) is 8.04. The van der Waals surface area contributed by atoms with Gasteiger partial charge in [-0.1, -0.05) is 18.5 Å². The van der Waals surface area contributed by atoms with Crippen LogP contribution < -0.4 is 0 Å². The molecule has 1 aliphatic rings. The molecule has 1 aromatic carbocycles. The van der Waals surface area contributed by atoms with E-state index in [0.717, 1.165) is 24.2 Å². The number of carboxylic acid groups (broad SMARTS) is 1. The van der Waals surface area contributed by atoms with Crippen molar-refractivity contribution >= 4 is 17.6 Å². The van der Waals surface area contributed by atoms with Crippen molar-refractivity contribution in [2.75, 3.05) is 13.1 Å². The minimum absolute atomic E-state index is 0.304. The van der Waals surface area contributed by atoms with E-state index in [0.29, 0.717) is 29.9 Å². The van der Waals surface area contributed by atoms with E-state index in [2.05, 4.69) is 16.8 Å². The normalized spacial score (nSPS) is 22.2. The Morgan fingerprint density at radius 3 is 2.83 bits per heavy atom. The van der Waals surface area contributed by atoms with E-state index in [1.54, 1.807) is 18.4 Å². The molecule has 6 heteroatoms. The number of nitrogens with zero attached hydrogens (tertiary/aromatic N) is 2. The first-order chi connectivity index (χ1) is 11.0. The van der Waals surface area contributed by atoms with E-state index < -0.39 is 5.97 Å². The van der Waals surface area contributed by atoms with Crippen LogP contribution in [0.4, 0.5) is 0 Å². The first kappa shape index (κ1) is 16.0. The zero-order chi connectivity index (χ0) is 16.4. The molecule has 2 atom stereocenters. The smallest absolute Gasteiger partial charge is 0.307 e. The molecular formula is C17H19ClN2O3. The van der Waals surface area contributed by atoms with Gasteiger partial charge in [0.05, 0.1) is 11.6 Å². The van der Waals surface area contributed by atoms with Crippen LogP contribution in [0.15, 0.2) is 34.9 Å². The molecule has 1 aromatic heterocycles. The Morgan fingerprint density at radius 2 is 2.13 bits per heavy atom. The molecule has 5 nitrogen and oxygen atoms in total. The topological polar surface area (TPSA) is 66.6 Å². The minimum atomic E-state index is -0.719. The van der Waals surface area contributed by atoms with Gasteiger partial charge in [-0.25, -0.2) is 4.98 Å². The van der Waals surface area contributed by atoms with Gasteiger partial charge in [0.2, 0.25) is 5.89 Å². The number of hydrogen-bond acceptors (Lipinski definition) is 4. The fourth-order valence-corrected chi connectivity index (χ4v) is 3.23. The summed E-state index contributed by atoms with van der Waals surface area (Å²) in [6, 6.07) is 7.32. The van der Waals surface area contributed by atoms with Gasteiger partial charge in [0.25, 0.3) is 0 Å². The van der Waals surface area contributed by atoms with Gasteiger partial charge < -0.3 is 9.52 Å². The third kappa shape index (κ3) is 3.92. The quantitative estimate of drug-likeness (QED) is 0.926. The van der Waals surface area contributed by atoms with Gasteiger partial charge in [-0.2, -0.15) is 0 Å². The fourth-order valence-electron chi connectivity index (χ4n) is 3.10. The van der Waals surface area contributed by atoms with E-state index in [9.17, 15) is 9.90 Å². The van der Waals surface area contributed by atoms with E-state index in [1.807, 2.05) is 12.1 Å². The van der Waals surface area contributed by atoms with Gasteiger partial charge in [0, 0.05) is 30.2 Å². The van der Waals surface area contributed by atoms with Crippen LogP contribution in [0.1, 0.15) is 19.0 Å². The molecular weight excluding hydrogens is 316 g/mol. The molecule has 1 saturated heterocycles. The number of rotatable bonds is 4. The highest BCUT2D eigenvalue weighted by atomic mass is 35.5. The molecule has 0 radical (unpaired) electrons. The highest BCUT2D eigenvalue weighted by Gasteiger charge is 2.29. The van der Waals surface area contributed by atoms with Crippen molar-refractivity contribution in [3.05, 3.63) is 41.2 Å². The highest BCUT2D eigenvalue weighted by molar-refractivity contribution is 6.30. The summed E-state index contributed by atoms with van der Waals surface area (Å²) in [4.78, 5) is 17.9. The summed E-state index contributed by atoms with van der Waals surface area (Å²) < 4.78 is 5.54. The minimum Gasteiger partial charge on any atom is -0.481 e. The van der Waals surface area contributed by atoms with E-state index >= 15 is 0 Å². The van der Waals surface area contributed by atoms with Crippen LogP contribution in [-0.2, 0) is 11.3 Å². The first-order valence-electron chi connectivity index (χ1n) is 7.67. The summed E-state index contributed by atoms with van der Waals surface area (Å²) in [7, 11) is 0. The van der Waals surface area contributed by atoms with E-state index in [-0.39, 0.29) is 5.92 Å². The summed E-state index contributed by atoms with van der Waals surface area (Å²) in [5.74, 6) is -0.103. The summed E-state index contributed by atoms with van der Waals surface area (Å²) in [5, 5.41) is 9.91. The van der Waals surface area contributed by atoms with Crippen molar-refractivity contribution < 1.29 is 14.3 Å². The van der Waals surface area contributed by atoms with Crippen LogP contribution in [0.5, 0.6) is 0 Å². The number of piperidine rings is 1. The van der Waals surface area contributed by atoms with Crippen molar-refractivity contribution in [1.82, 2.24) is 9.88 Å². The largest absolute Gasteiger partial charge is 0.481 e. The number of carbonyl (C=O) groups is 1. The average Bonchev–Trinajstić information content (AvgIpc) is 2.95. The molecule has 0 aliphatic carbocycles. The number of hydrogen-bond donors (Lipinski definition) is 1. The maximum absolute atomic E-state index is 11.2. The predicted molar refractivity (Wildman–Crippen MR) is 87.1 cm³/mol. The predicted octanol–water partition coefficient (Wildman–Crippen LogP) is 3.54. The Kier molecular flexibility index (Phi) is 4.68. The zero-order valence-electron chi connectivity index (χ0n) is 12.9.